The number of fused-ring (bicyclic) bond motifs is 1. The zero-order chi connectivity index (χ0) is 13.5. The highest BCUT2D eigenvalue weighted by atomic mass is 32.2. The van der Waals surface area contributed by atoms with Crippen LogP contribution in [-0.4, -0.2) is 35.7 Å². The van der Waals surface area contributed by atoms with E-state index in [0.717, 1.165) is 10.9 Å². The minimum absolute atomic E-state index is 0.0895. The second-order valence-electron chi connectivity index (χ2n) is 4.32. The van der Waals surface area contributed by atoms with Gasteiger partial charge in [0.25, 0.3) is 5.91 Å². The predicted octanol–water partition coefficient (Wildman–Crippen LogP) is 0.375. The van der Waals surface area contributed by atoms with Gasteiger partial charge in [-0.3, -0.25) is 4.79 Å². The summed E-state index contributed by atoms with van der Waals surface area (Å²) in [6.45, 7) is 0. The highest BCUT2D eigenvalue weighted by Gasteiger charge is 2.24. The average Bonchev–Trinajstić information content (AvgIpc) is 2.94. The molecule has 0 saturated heterocycles. The molecule has 1 amide bonds. The first-order valence-electron chi connectivity index (χ1n) is 5.70. The van der Waals surface area contributed by atoms with Crippen molar-refractivity contribution in [2.45, 2.75) is 6.04 Å². The Bertz CT molecular complexity index is 776. The number of sulfone groups is 1. The van der Waals surface area contributed by atoms with Crippen molar-refractivity contribution in [3.8, 4) is 0 Å². The van der Waals surface area contributed by atoms with Gasteiger partial charge in [0.1, 0.15) is 5.69 Å². The summed E-state index contributed by atoms with van der Waals surface area (Å²) in [5.74, 6) is -0.436. The zero-order valence-corrected chi connectivity index (χ0v) is 10.7. The van der Waals surface area contributed by atoms with E-state index in [-0.39, 0.29) is 11.7 Å². The van der Waals surface area contributed by atoms with Crippen LogP contribution in [0.1, 0.15) is 10.5 Å². The molecule has 98 valence electrons. The molecule has 6 nitrogen and oxygen atoms in total. The van der Waals surface area contributed by atoms with Crippen molar-refractivity contribution in [3.05, 3.63) is 47.6 Å². The molecule has 19 heavy (non-hydrogen) atoms. The largest absolute Gasteiger partial charge is 0.343 e. The third-order valence-corrected chi connectivity index (χ3v) is 4.30. The van der Waals surface area contributed by atoms with Crippen LogP contribution < -0.4 is 5.32 Å². The highest BCUT2D eigenvalue weighted by molar-refractivity contribution is 7.94. The van der Waals surface area contributed by atoms with Crippen LogP contribution in [0.25, 0.3) is 5.52 Å². The summed E-state index contributed by atoms with van der Waals surface area (Å²) in [5.41, 5.74) is 1.18. The molecule has 1 aliphatic rings. The smallest absolute Gasteiger partial charge is 0.270 e. The lowest BCUT2D eigenvalue weighted by atomic mass is 10.2. The van der Waals surface area contributed by atoms with E-state index in [1.165, 1.54) is 10.6 Å². The summed E-state index contributed by atoms with van der Waals surface area (Å²) in [6, 6.07) is 6.54. The molecule has 0 aromatic carbocycles. The van der Waals surface area contributed by atoms with E-state index in [1.807, 2.05) is 6.07 Å². The summed E-state index contributed by atoms with van der Waals surface area (Å²) in [6.07, 6.45) is 3.09. The SMILES string of the molecule is O=C(N[C@H]1C=CS(=O)(=O)C1)c1cccc2ccnn12. The number of nitrogens with zero attached hydrogens (tertiary/aromatic N) is 2. The molecule has 3 rings (SSSR count). The van der Waals surface area contributed by atoms with Gasteiger partial charge >= 0.3 is 0 Å². The fraction of sp³-hybridized carbons (Fsp3) is 0.167. The van der Waals surface area contributed by atoms with Crippen molar-refractivity contribution >= 4 is 21.3 Å². The van der Waals surface area contributed by atoms with Crippen molar-refractivity contribution in [1.82, 2.24) is 14.9 Å². The number of carbonyl (C=O) groups excluding carboxylic acids is 1. The summed E-state index contributed by atoms with van der Waals surface area (Å²) < 4.78 is 24.1. The maximum Gasteiger partial charge on any atom is 0.270 e. The van der Waals surface area contributed by atoms with Gasteiger partial charge in [-0.05, 0) is 24.3 Å². The van der Waals surface area contributed by atoms with Crippen molar-refractivity contribution in [2.24, 2.45) is 0 Å². The van der Waals surface area contributed by atoms with E-state index >= 15 is 0 Å². The van der Waals surface area contributed by atoms with Gasteiger partial charge in [-0.15, -0.1) is 0 Å². The van der Waals surface area contributed by atoms with Crippen molar-refractivity contribution < 1.29 is 13.2 Å². The zero-order valence-electron chi connectivity index (χ0n) is 9.85. The Labute approximate surface area is 109 Å². The van der Waals surface area contributed by atoms with Gasteiger partial charge in [0.2, 0.25) is 0 Å². The molecule has 1 atom stereocenters. The number of rotatable bonds is 2. The Balaban J connectivity index is 1.85. The monoisotopic (exact) mass is 277 g/mol. The van der Waals surface area contributed by atoms with Gasteiger partial charge in [0.05, 0.1) is 23.5 Å². The van der Waals surface area contributed by atoms with E-state index in [1.54, 1.807) is 24.4 Å². The molecule has 0 saturated carbocycles. The van der Waals surface area contributed by atoms with E-state index in [4.69, 9.17) is 0 Å². The van der Waals surface area contributed by atoms with Crippen molar-refractivity contribution in [3.63, 3.8) is 0 Å². The van der Waals surface area contributed by atoms with Crippen LogP contribution in [0.4, 0.5) is 0 Å². The molecule has 1 N–H and O–H groups in total. The minimum Gasteiger partial charge on any atom is -0.343 e. The first kappa shape index (κ1) is 11.9. The third-order valence-electron chi connectivity index (χ3n) is 2.90. The summed E-state index contributed by atoms with van der Waals surface area (Å²) >= 11 is 0. The van der Waals surface area contributed by atoms with Gasteiger partial charge in [-0.1, -0.05) is 6.07 Å². The minimum atomic E-state index is -3.17. The Morgan fingerprint density at radius 3 is 2.95 bits per heavy atom. The van der Waals surface area contributed by atoms with Gasteiger partial charge in [0, 0.05) is 5.41 Å². The van der Waals surface area contributed by atoms with Crippen LogP contribution in [0.3, 0.4) is 0 Å². The Morgan fingerprint density at radius 1 is 1.37 bits per heavy atom. The number of hydrogen-bond acceptors (Lipinski definition) is 4. The van der Waals surface area contributed by atoms with Crippen LogP contribution in [0.15, 0.2) is 41.9 Å². The summed E-state index contributed by atoms with van der Waals surface area (Å²) in [5, 5.41) is 7.86. The molecule has 0 radical (unpaired) electrons. The molecular weight excluding hydrogens is 266 g/mol. The van der Waals surface area contributed by atoms with Gasteiger partial charge in [0.15, 0.2) is 9.84 Å². The van der Waals surface area contributed by atoms with Gasteiger partial charge in [-0.2, -0.15) is 5.10 Å². The second-order valence-corrected chi connectivity index (χ2v) is 6.25. The van der Waals surface area contributed by atoms with Gasteiger partial charge in [-0.25, -0.2) is 12.9 Å². The molecule has 0 bridgehead atoms. The van der Waals surface area contributed by atoms with Crippen LogP contribution >= 0.6 is 0 Å². The number of carbonyl (C=O) groups is 1. The lowest BCUT2D eigenvalue weighted by Crippen LogP contribution is -2.36. The van der Waals surface area contributed by atoms with E-state index in [0.29, 0.717) is 5.69 Å². The maximum atomic E-state index is 12.1. The number of pyridine rings is 1. The normalized spacial score (nSPS) is 20.7. The fourth-order valence-electron chi connectivity index (χ4n) is 2.03. The number of nitrogens with one attached hydrogen (secondary N) is 1. The maximum absolute atomic E-state index is 12.1. The Kier molecular flexibility index (Phi) is 2.63. The molecule has 0 fully saturated rings. The molecule has 0 aliphatic carbocycles. The predicted molar refractivity (Wildman–Crippen MR) is 69.4 cm³/mol. The third kappa shape index (κ3) is 2.24. The number of hydrogen-bond donors (Lipinski definition) is 1. The highest BCUT2D eigenvalue weighted by Crippen LogP contribution is 2.10. The van der Waals surface area contributed by atoms with Crippen LogP contribution in [0.5, 0.6) is 0 Å². The quantitative estimate of drug-likeness (QED) is 0.860. The number of amides is 1. The Morgan fingerprint density at radius 2 is 2.21 bits per heavy atom. The van der Waals surface area contributed by atoms with Crippen LogP contribution in [0, 0.1) is 0 Å². The molecule has 1 aliphatic heterocycles. The van der Waals surface area contributed by atoms with E-state index in [9.17, 15) is 13.2 Å². The van der Waals surface area contributed by atoms with E-state index in [2.05, 4.69) is 10.4 Å². The first-order chi connectivity index (χ1) is 9.05. The molecular formula is C12H11N3O3S. The molecule has 3 heterocycles. The lowest BCUT2D eigenvalue weighted by Gasteiger charge is -2.10. The molecule has 0 unspecified atom stereocenters. The standard InChI is InChI=1S/C12H11N3O3S/c16-12(14-9-5-7-19(17,18)8-9)11-3-1-2-10-4-6-13-15(10)11/h1-7,9H,8H2,(H,14,16)/t9-/m0/s1. The molecule has 2 aromatic rings. The first-order valence-corrected chi connectivity index (χ1v) is 7.41. The molecule has 0 spiro atoms. The van der Waals surface area contributed by atoms with Crippen molar-refractivity contribution in [1.29, 1.82) is 0 Å². The summed E-state index contributed by atoms with van der Waals surface area (Å²) in [4.78, 5) is 12.1. The topological polar surface area (TPSA) is 80.5 Å². The summed E-state index contributed by atoms with van der Waals surface area (Å²) in [7, 11) is -3.17. The molecule has 7 heteroatoms. The molecule has 2 aromatic heterocycles. The lowest BCUT2D eigenvalue weighted by molar-refractivity contribution is 0.0940. The Hall–Kier alpha value is -2.15. The second kappa shape index (κ2) is 4.20. The number of aromatic nitrogens is 2. The average molecular weight is 277 g/mol. The van der Waals surface area contributed by atoms with Crippen LogP contribution in [0.2, 0.25) is 0 Å². The van der Waals surface area contributed by atoms with Crippen molar-refractivity contribution in [2.75, 3.05) is 5.75 Å². The fourth-order valence-corrected chi connectivity index (χ4v) is 3.26. The van der Waals surface area contributed by atoms with Crippen LogP contribution in [-0.2, 0) is 9.84 Å². The van der Waals surface area contributed by atoms with Gasteiger partial charge < -0.3 is 5.32 Å². The van der Waals surface area contributed by atoms with E-state index < -0.39 is 15.9 Å².